The Morgan fingerprint density at radius 1 is 1.28 bits per heavy atom. The smallest absolute Gasteiger partial charge is 0.252 e. The number of nitrogens with one attached hydrogen (secondary N) is 1. The van der Waals surface area contributed by atoms with Crippen molar-refractivity contribution < 1.29 is 20.1 Å². The van der Waals surface area contributed by atoms with Crippen LogP contribution in [0.5, 0.6) is 17.2 Å². The molecule has 1 atom stereocenters. The molecule has 0 saturated carbocycles. The molecule has 0 saturated heterocycles. The summed E-state index contributed by atoms with van der Waals surface area (Å²) in [6, 6.07) is 2.21. The molecule has 100 valence electrons. The Bertz CT molecular complexity index is 423. The normalized spacial score (nSPS) is 12.4. The Kier molecular flexibility index (Phi) is 4.38. The quantitative estimate of drug-likeness (QED) is 0.472. The average molecular weight is 254 g/mol. The minimum atomic E-state index is -0.633. The minimum absolute atomic E-state index is 0.0862. The van der Waals surface area contributed by atoms with Gasteiger partial charge in [-0.25, -0.2) is 0 Å². The molecule has 1 rings (SSSR count). The second-order valence-corrected chi connectivity index (χ2v) is 4.22. The molecule has 1 aromatic carbocycles. The molecule has 18 heavy (non-hydrogen) atoms. The van der Waals surface area contributed by atoms with E-state index in [-0.39, 0.29) is 11.7 Å². The number of carbonyl (C=O) groups is 1. The number of nitrogens with zero attached hydrogens (tertiary/aromatic N) is 1. The van der Waals surface area contributed by atoms with Crippen molar-refractivity contribution in [2.45, 2.75) is 19.5 Å². The van der Waals surface area contributed by atoms with Gasteiger partial charge in [-0.1, -0.05) is 6.92 Å². The van der Waals surface area contributed by atoms with Gasteiger partial charge >= 0.3 is 0 Å². The fraction of sp³-hybridized carbons (Fsp3) is 0.417. The average Bonchev–Trinajstić information content (AvgIpc) is 2.31. The summed E-state index contributed by atoms with van der Waals surface area (Å²) in [5.74, 6) is -2.12. The first-order valence-corrected chi connectivity index (χ1v) is 5.59. The van der Waals surface area contributed by atoms with E-state index in [4.69, 9.17) is 0 Å². The number of amides is 1. The lowest BCUT2D eigenvalue weighted by Crippen LogP contribution is -2.44. The highest BCUT2D eigenvalue weighted by molar-refractivity contribution is 5.95. The molecule has 6 nitrogen and oxygen atoms in total. The summed E-state index contributed by atoms with van der Waals surface area (Å²) >= 11 is 0. The predicted molar refractivity (Wildman–Crippen MR) is 66.7 cm³/mol. The van der Waals surface area contributed by atoms with E-state index in [1.165, 1.54) is 0 Å². The van der Waals surface area contributed by atoms with Crippen LogP contribution in [-0.4, -0.2) is 46.4 Å². The molecule has 0 heterocycles. The molecule has 0 aliphatic rings. The third-order valence-electron chi connectivity index (χ3n) is 2.64. The van der Waals surface area contributed by atoms with Gasteiger partial charge in [0.2, 0.25) is 0 Å². The number of carbonyl (C=O) groups excluding carboxylic acids is 1. The fourth-order valence-corrected chi connectivity index (χ4v) is 1.57. The van der Waals surface area contributed by atoms with Crippen LogP contribution in [0, 0.1) is 0 Å². The van der Waals surface area contributed by atoms with Gasteiger partial charge in [-0.05, 0) is 32.6 Å². The van der Waals surface area contributed by atoms with Gasteiger partial charge in [-0.3, -0.25) is 9.69 Å². The summed E-state index contributed by atoms with van der Waals surface area (Å²) in [5, 5.41) is 30.6. The van der Waals surface area contributed by atoms with Gasteiger partial charge in [0.25, 0.3) is 5.91 Å². The van der Waals surface area contributed by atoms with Crippen LogP contribution in [0.25, 0.3) is 0 Å². The molecule has 6 heteroatoms. The molecule has 4 N–H and O–H groups in total. The first-order chi connectivity index (χ1) is 8.36. The maximum absolute atomic E-state index is 11.9. The van der Waals surface area contributed by atoms with Gasteiger partial charge < -0.3 is 20.6 Å². The first kappa shape index (κ1) is 14.1. The summed E-state index contributed by atoms with van der Waals surface area (Å²) in [6.07, 6.45) is 0.574. The topological polar surface area (TPSA) is 93.0 Å². The Balaban J connectivity index is 2.91. The van der Waals surface area contributed by atoms with Crippen LogP contribution in [0.3, 0.4) is 0 Å². The van der Waals surface area contributed by atoms with E-state index in [2.05, 4.69) is 5.32 Å². The van der Waals surface area contributed by atoms with Crippen molar-refractivity contribution >= 4 is 5.91 Å². The van der Waals surface area contributed by atoms with Gasteiger partial charge in [-0.15, -0.1) is 0 Å². The van der Waals surface area contributed by atoms with Gasteiger partial charge in [0.1, 0.15) is 0 Å². The van der Waals surface area contributed by atoms with Gasteiger partial charge in [0, 0.05) is 5.56 Å². The van der Waals surface area contributed by atoms with Crippen LogP contribution in [0.15, 0.2) is 12.1 Å². The molecule has 0 aliphatic heterocycles. The molecular formula is C12H18N2O4. The molecule has 0 bridgehead atoms. The van der Waals surface area contributed by atoms with E-state index in [0.717, 1.165) is 18.6 Å². The maximum Gasteiger partial charge on any atom is 0.252 e. The molecule has 1 amide bonds. The Morgan fingerprint density at radius 2 is 1.78 bits per heavy atom. The molecule has 1 unspecified atom stereocenters. The number of phenolic OH excluding ortho intramolecular Hbond substituents is 3. The van der Waals surface area contributed by atoms with Gasteiger partial charge in [-0.2, -0.15) is 0 Å². The zero-order valence-corrected chi connectivity index (χ0v) is 10.6. The molecule has 0 fully saturated rings. The Hall–Kier alpha value is -1.95. The molecule has 0 spiro atoms. The van der Waals surface area contributed by atoms with E-state index >= 15 is 0 Å². The van der Waals surface area contributed by atoms with E-state index < -0.39 is 23.2 Å². The fourth-order valence-electron chi connectivity index (χ4n) is 1.57. The summed E-state index contributed by atoms with van der Waals surface area (Å²) in [5.41, 5.74) is 0.0862. The summed E-state index contributed by atoms with van der Waals surface area (Å²) in [7, 11) is 3.67. The highest BCUT2D eigenvalue weighted by Crippen LogP contribution is 2.35. The van der Waals surface area contributed by atoms with Gasteiger partial charge in [0.05, 0.1) is 6.17 Å². The van der Waals surface area contributed by atoms with Crippen molar-refractivity contribution in [1.82, 2.24) is 10.2 Å². The number of hydrogen-bond donors (Lipinski definition) is 4. The number of rotatable bonds is 4. The van der Waals surface area contributed by atoms with Crippen molar-refractivity contribution in [2.24, 2.45) is 0 Å². The second kappa shape index (κ2) is 5.59. The molecular weight excluding hydrogens is 236 g/mol. The van der Waals surface area contributed by atoms with E-state index in [9.17, 15) is 20.1 Å². The third kappa shape index (κ3) is 3.04. The van der Waals surface area contributed by atoms with Crippen molar-refractivity contribution in [2.75, 3.05) is 14.1 Å². The van der Waals surface area contributed by atoms with Crippen LogP contribution in [-0.2, 0) is 0 Å². The summed E-state index contributed by atoms with van der Waals surface area (Å²) < 4.78 is 0. The van der Waals surface area contributed by atoms with Crippen LogP contribution < -0.4 is 5.32 Å². The number of aromatic hydroxyl groups is 3. The zero-order chi connectivity index (χ0) is 13.9. The molecule has 0 radical (unpaired) electrons. The molecule has 0 aromatic heterocycles. The van der Waals surface area contributed by atoms with Crippen molar-refractivity contribution in [3.8, 4) is 17.2 Å². The highest BCUT2D eigenvalue weighted by Gasteiger charge is 2.17. The third-order valence-corrected chi connectivity index (χ3v) is 2.64. The first-order valence-electron chi connectivity index (χ1n) is 5.59. The van der Waals surface area contributed by atoms with Crippen LogP contribution in [0.2, 0.25) is 0 Å². The zero-order valence-electron chi connectivity index (χ0n) is 10.6. The lowest BCUT2D eigenvalue weighted by atomic mass is 10.1. The Labute approximate surface area is 105 Å². The van der Waals surface area contributed by atoms with Crippen molar-refractivity contribution in [3.63, 3.8) is 0 Å². The van der Waals surface area contributed by atoms with E-state index in [0.29, 0.717) is 0 Å². The van der Waals surface area contributed by atoms with Crippen LogP contribution in [0.1, 0.15) is 23.7 Å². The largest absolute Gasteiger partial charge is 0.504 e. The number of hydrogen-bond acceptors (Lipinski definition) is 5. The summed E-state index contributed by atoms with van der Waals surface area (Å²) in [4.78, 5) is 13.7. The number of phenols is 3. The van der Waals surface area contributed by atoms with Crippen molar-refractivity contribution in [1.29, 1.82) is 0 Å². The maximum atomic E-state index is 11.9. The monoisotopic (exact) mass is 254 g/mol. The van der Waals surface area contributed by atoms with Crippen LogP contribution >= 0.6 is 0 Å². The Morgan fingerprint density at radius 3 is 2.17 bits per heavy atom. The second-order valence-electron chi connectivity index (χ2n) is 4.22. The SMILES string of the molecule is CCC(NC(=O)c1cc(O)c(O)c(O)c1)N(C)C. The predicted octanol–water partition coefficient (Wildman–Crippen LogP) is 0.831. The van der Waals surface area contributed by atoms with Crippen LogP contribution in [0.4, 0.5) is 0 Å². The minimum Gasteiger partial charge on any atom is -0.504 e. The lowest BCUT2D eigenvalue weighted by molar-refractivity contribution is 0.0886. The highest BCUT2D eigenvalue weighted by atomic mass is 16.3. The van der Waals surface area contributed by atoms with E-state index in [1.807, 2.05) is 25.9 Å². The molecule has 1 aromatic rings. The number of benzene rings is 1. The summed E-state index contributed by atoms with van der Waals surface area (Å²) in [6.45, 7) is 1.93. The van der Waals surface area contributed by atoms with E-state index in [1.54, 1.807) is 0 Å². The lowest BCUT2D eigenvalue weighted by Gasteiger charge is -2.24. The van der Waals surface area contributed by atoms with Crippen molar-refractivity contribution in [3.05, 3.63) is 17.7 Å². The standard InChI is InChI=1S/C12H18N2O4/c1-4-10(14(2)3)13-12(18)7-5-8(15)11(17)9(16)6-7/h5-6,10,15-17H,4H2,1-3H3,(H,13,18). The molecule has 0 aliphatic carbocycles. The van der Waals surface area contributed by atoms with Gasteiger partial charge in [0.15, 0.2) is 17.2 Å².